The summed E-state index contributed by atoms with van der Waals surface area (Å²) in [7, 11) is 1.74. The Morgan fingerprint density at radius 3 is 2.35 bits per heavy atom. The molecule has 0 aromatic heterocycles. The summed E-state index contributed by atoms with van der Waals surface area (Å²) in [4.78, 5) is 13.7. The number of rotatable bonds is 1. The fraction of sp³-hybridized carbons (Fsp3) is 0.364. The molecule has 1 fully saturated rings. The van der Waals surface area contributed by atoms with Crippen LogP contribution >= 0.6 is 23.2 Å². The molecule has 0 bridgehead atoms. The average Bonchev–Trinajstić information content (AvgIpc) is 2.46. The van der Waals surface area contributed by atoms with Crippen LogP contribution in [-0.4, -0.2) is 23.6 Å². The summed E-state index contributed by atoms with van der Waals surface area (Å²) >= 11 is 11.8. The molecule has 0 saturated carbocycles. The molecule has 17 heavy (non-hydrogen) atoms. The zero-order valence-corrected chi connectivity index (χ0v) is 11.3. The summed E-state index contributed by atoms with van der Waals surface area (Å²) < 4.78 is 0. The Morgan fingerprint density at radius 1 is 1.24 bits per heavy atom. The van der Waals surface area contributed by atoms with Gasteiger partial charge in [-0.15, -0.1) is 0 Å². The molecule has 2 amide bonds. The predicted octanol–water partition coefficient (Wildman–Crippen LogP) is 3.11. The molecule has 0 atom stereocenters. The summed E-state index contributed by atoms with van der Waals surface area (Å²) in [6.45, 7) is 3.84. The minimum atomic E-state index is -0.427. The maximum Gasteiger partial charge on any atom is 0.340 e. The average molecular weight is 274 g/mol. The molecule has 2 rings (SSSR count). The first-order valence-electron chi connectivity index (χ1n) is 5.14. The van der Waals surface area contributed by atoms with Crippen LogP contribution in [0.4, 0.5) is 10.5 Å². The molecule has 1 N–H and O–H groups in total. The van der Waals surface area contributed by atoms with Gasteiger partial charge in [0.15, 0.2) is 0 Å². The molecule has 0 spiro atoms. The van der Waals surface area contributed by atoms with E-state index in [1.54, 1.807) is 30.1 Å². The van der Waals surface area contributed by atoms with Crippen molar-refractivity contribution in [3.8, 4) is 0 Å². The molecule has 0 unspecified atom stereocenters. The lowest BCUT2D eigenvalue weighted by atomic mass is 10.2. The molecule has 1 aromatic rings. The molecule has 4 nitrogen and oxygen atoms in total. The number of nitrogens with zero attached hydrogens (tertiary/aromatic N) is 2. The van der Waals surface area contributed by atoms with Gasteiger partial charge in [-0.1, -0.05) is 23.2 Å². The number of nitrogens with one attached hydrogen (secondary N) is 1. The topological polar surface area (TPSA) is 35.6 Å². The van der Waals surface area contributed by atoms with Crippen LogP contribution in [0.2, 0.25) is 10.0 Å². The van der Waals surface area contributed by atoms with E-state index in [0.29, 0.717) is 15.7 Å². The van der Waals surface area contributed by atoms with Crippen molar-refractivity contribution in [1.82, 2.24) is 10.3 Å². The normalized spacial score (nSPS) is 19.0. The van der Waals surface area contributed by atoms with Gasteiger partial charge in [-0.25, -0.2) is 15.2 Å². The fourth-order valence-electron chi connectivity index (χ4n) is 1.58. The third kappa shape index (κ3) is 2.08. The van der Waals surface area contributed by atoms with E-state index in [9.17, 15) is 4.79 Å². The molecule has 1 aliphatic rings. The summed E-state index contributed by atoms with van der Waals surface area (Å²) in [5, 5.41) is 2.35. The van der Waals surface area contributed by atoms with Gasteiger partial charge in [0, 0.05) is 7.05 Å². The van der Waals surface area contributed by atoms with Gasteiger partial charge in [0.2, 0.25) is 0 Å². The second-order valence-electron chi connectivity index (χ2n) is 4.45. The first-order valence-corrected chi connectivity index (χ1v) is 5.89. The standard InChI is InChI=1S/C11H13Cl2N3O/c1-11(2)14-16(10(17)15(11)3)7-4-5-8(12)9(13)6-7/h4-6,14H,1-3H3. The van der Waals surface area contributed by atoms with Crippen molar-refractivity contribution in [3.05, 3.63) is 28.2 Å². The number of halogens is 2. The SMILES string of the molecule is CN1C(=O)N(c2ccc(Cl)c(Cl)c2)NC1(C)C. The molecular weight excluding hydrogens is 261 g/mol. The molecule has 0 radical (unpaired) electrons. The van der Waals surface area contributed by atoms with E-state index in [0.717, 1.165) is 0 Å². The molecule has 1 aromatic carbocycles. The quantitative estimate of drug-likeness (QED) is 0.854. The lowest BCUT2D eigenvalue weighted by molar-refractivity contribution is 0.185. The van der Waals surface area contributed by atoms with Crippen molar-refractivity contribution in [2.75, 3.05) is 12.1 Å². The Labute approximate surface area is 110 Å². The number of amides is 2. The second-order valence-corrected chi connectivity index (χ2v) is 5.26. The summed E-state index contributed by atoms with van der Waals surface area (Å²) in [5.41, 5.74) is 3.34. The van der Waals surface area contributed by atoms with Crippen molar-refractivity contribution in [1.29, 1.82) is 0 Å². The summed E-state index contributed by atoms with van der Waals surface area (Å²) in [6.07, 6.45) is 0. The summed E-state index contributed by atoms with van der Waals surface area (Å²) in [6, 6.07) is 4.94. The third-order valence-corrected chi connectivity index (χ3v) is 3.60. The van der Waals surface area contributed by atoms with Crippen LogP contribution in [0.5, 0.6) is 0 Å². The second kappa shape index (κ2) is 4.05. The number of hydrogen-bond donors (Lipinski definition) is 1. The Balaban J connectivity index is 2.36. The Hall–Kier alpha value is -0.970. The lowest BCUT2D eigenvalue weighted by Crippen LogP contribution is -2.46. The molecule has 1 aliphatic heterocycles. The Kier molecular flexibility index (Phi) is 2.97. The van der Waals surface area contributed by atoms with Crippen LogP contribution < -0.4 is 10.4 Å². The molecule has 92 valence electrons. The zero-order valence-electron chi connectivity index (χ0n) is 9.79. The van der Waals surface area contributed by atoms with E-state index in [2.05, 4.69) is 5.43 Å². The van der Waals surface area contributed by atoms with Gasteiger partial charge in [-0.2, -0.15) is 0 Å². The lowest BCUT2D eigenvalue weighted by Gasteiger charge is -2.25. The number of benzene rings is 1. The maximum absolute atomic E-state index is 12.0. The van der Waals surface area contributed by atoms with Crippen molar-refractivity contribution < 1.29 is 4.79 Å². The van der Waals surface area contributed by atoms with Crippen molar-refractivity contribution in [2.24, 2.45) is 0 Å². The zero-order chi connectivity index (χ0) is 12.8. The number of urea groups is 1. The highest BCUT2D eigenvalue weighted by molar-refractivity contribution is 6.42. The largest absolute Gasteiger partial charge is 0.340 e. The Bertz CT molecular complexity index is 476. The highest BCUT2D eigenvalue weighted by Gasteiger charge is 2.41. The van der Waals surface area contributed by atoms with Crippen LogP contribution in [-0.2, 0) is 0 Å². The highest BCUT2D eigenvalue weighted by Crippen LogP contribution is 2.30. The number of anilines is 1. The molecule has 1 saturated heterocycles. The van der Waals surface area contributed by atoms with Gasteiger partial charge in [0.1, 0.15) is 5.66 Å². The van der Waals surface area contributed by atoms with Gasteiger partial charge in [-0.3, -0.25) is 0 Å². The molecule has 0 aliphatic carbocycles. The highest BCUT2D eigenvalue weighted by atomic mass is 35.5. The van der Waals surface area contributed by atoms with E-state index >= 15 is 0 Å². The van der Waals surface area contributed by atoms with Crippen LogP contribution in [0, 0.1) is 0 Å². The maximum atomic E-state index is 12.0. The van der Waals surface area contributed by atoms with E-state index < -0.39 is 5.66 Å². The summed E-state index contributed by atoms with van der Waals surface area (Å²) in [5.74, 6) is 0. The molecule has 6 heteroatoms. The Morgan fingerprint density at radius 2 is 1.88 bits per heavy atom. The first-order chi connectivity index (χ1) is 7.83. The van der Waals surface area contributed by atoms with Gasteiger partial charge >= 0.3 is 6.03 Å². The van der Waals surface area contributed by atoms with Gasteiger partial charge in [-0.05, 0) is 32.0 Å². The van der Waals surface area contributed by atoms with E-state index in [4.69, 9.17) is 23.2 Å². The van der Waals surface area contributed by atoms with E-state index in [1.807, 2.05) is 13.8 Å². The van der Waals surface area contributed by atoms with E-state index in [-0.39, 0.29) is 6.03 Å². The third-order valence-electron chi connectivity index (χ3n) is 2.86. The van der Waals surface area contributed by atoms with Crippen LogP contribution in [0.15, 0.2) is 18.2 Å². The van der Waals surface area contributed by atoms with Crippen molar-refractivity contribution >= 4 is 34.9 Å². The van der Waals surface area contributed by atoms with Gasteiger partial charge < -0.3 is 4.90 Å². The number of carbonyl (C=O) groups is 1. The predicted molar refractivity (Wildman–Crippen MR) is 69.3 cm³/mol. The molecule has 1 heterocycles. The van der Waals surface area contributed by atoms with Gasteiger partial charge in [0.25, 0.3) is 0 Å². The monoisotopic (exact) mass is 273 g/mol. The van der Waals surface area contributed by atoms with Crippen molar-refractivity contribution in [2.45, 2.75) is 19.5 Å². The van der Waals surface area contributed by atoms with Crippen molar-refractivity contribution in [3.63, 3.8) is 0 Å². The number of hydrogen-bond acceptors (Lipinski definition) is 2. The fourth-order valence-corrected chi connectivity index (χ4v) is 1.88. The van der Waals surface area contributed by atoms with E-state index in [1.165, 1.54) is 5.01 Å². The number of carbonyl (C=O) groups excluding carboxylic acids is 1. The van der Waals surface area contributed by atoms with Crippen LogP contribution in [0.3, 0.4) is 0 Å². The minimum Gasteiger partial charge on any atom is -0.307 e. The first kappa shape index (κ1) is 12.5. The van der Waals surface area contributed by atoms with Crippen LogP contribution in [0.1, 0.15) is 13.8 Å². The smallest absolute Gasteiger partial charge is 0.307 e. The van der Waals surface area contributed by atoms with Gasteiger partial charge in [0.05, 0.1) is 15.7 Å². The van der Waals surface area contributed by atoms with Crippen LogP contribution in [0.25, 0.3) is 0 Å². The molecular formula is C11H13Cl2N3O. The minimum absolute atomic E-state index is 0.131. The number of hydrazine groups is 1.